The van der Waals surface area contributed by atoms with Crippen molar-refractivity contribution in [1.82, 2.24) is 39.8 Å². The maximum Gasteiger partial charge on any atom is 0.435 e. The lowest BCUT2D eigenvalue weighted by atomic mass is 10.2. The van der Waals surface area contributed by atoms with Crippen LogP contribution in [0, 0.1) is 11.8 Å². The molecule has 3 aromatic rings. The van der Waals surface area contributed by atoms with Gasteiger partial charge in [0.25, 0.3) is 17.7 Å². The predicted molar refractivity (Wildman–Crippen MR) is 183 cm³/mol. The summed E-state index contributed by atoms with van der Waals surface area (Å²) >= 11 is 6.41. The number of halogens is 6. The number of β-amino-alcohol motifs (C(OH)–C–C–N with tert-alkyl or cyclic N) is 1. The third-order valence-electron chi connectivity index (χ3n) is 10.1. The van der Waals surface area contributed by atoms with Gasteiger partial charge in [-0.15, -0.1) is 0 Å². The molecule has 2 saturated heterocycles. The van der Waals surface area contributed by atoms with Crippen LogP contribution in [0.3, 0.4) is 0 Å². The van der Waals surface area contributed by atoms with Crippen LogP contribution in [0.5, 0.6) is 0 Å². The third-order valence-corrected chi connectivity index (χ3v) is 10.4. The highest BCUT2D eigenvalue weighted by Crippen LogP contribution is 2.53. The number of amides is 5. The summed E-state index contributed by atoms with van der Waals surface area (Å²) in [7, 11) is 1.29. The number of piperidine rings is 1. The zero-order valence-corrected chi connectivity index (χ0v) is 30.6. The fourth-order valence-corrected chi connectivity index (χ4v) is 7.32. The Kier molecular flexibility index (Phi) is 9.30. The van der Waals surface area contributed by atoms with Crippen LogP contribution in [-0.2, 0) is 18.0 Å². The molecule has 296 valence electrons. The fraction of sp³-hybridized carbons (Fsp3) is 0.529. The van der Waals surface area contributed by atoms with Crippen LogP contribution < -0.4 is 16.0 Å². The Balaban J connectivity index is 0.916. The molecular weight excluding hydrogens is 761 g/mol. The highest BCUT2D eigenvalue weighted by molar-refractivity contribution is 6.34. The molecule has 0 spiro atoms. The standard InChI is InChI=1S/C34H37ClF5N9O6/c1-32(2,3)55-31(54)48-13-21(23(50)14-48)43-30(53)47-10-17-18(11-47)25(17)44-28(51)16-6-5-15(7-20(16)35)42-29(52)27-41-9-22(46(27)4)19-12-49(24-8-33(24,36)37)45-26(19)34(38,39)40/h5-7,9,12,17-18,21,23-25,50H,8,10-11,13-14H2,1-4H3,(H,42,52)(H,43,53)(H,44,51)/t17-,18+,21-,23-,24+,25?/m1/s1. The quantitative estimate of drug-likeness (QED) is 0.258. The average molecular weight is 798 g/mol. The molecule has 2 aliphatic carbocycles. The van der Waals surface area contributed by atoms with Crippen molar-refractivity contribution >= 4 is 41.2 Å². The number of ether oxygens (including phenoxy) is 1. The Labute approximate surface area is 315 Å². The van der Waals surface area contributed by atoms with E-state index >= 15 is 0 Å². The molecule has 2 aromatic heterocycles. The molecule has 2 aliphatic heterocycles. The highest BCUT2D eigenvalue weighted by Gasteiger charge is 2.60. The Morgan fingerprint density at radius 2 is 1.67 bits per heavy atom. The van der Waals surface area contributed by atoms with E-state index in [2.05, 4.69) is 26.0 Å². The third kappa shape index (κ3) is 7.65. The van der Waals surface area contributed by atoms with Crippen LogP contribution in [0.2, 0.25) is 5.02 Å². The summed E-state index contributed by atoms with van der Waals surface area (Å²) in [5.41, 5.74) is -2.52. The van der Waals surface area contributed by atoms with Crippen LogP contribution in [-0.4, -0.2) is 114 Å². The lowest BCUT2D eigenvalue weighted by molar-refractivity contribution is -0.141. The lowest BCUT2D eigenvalue weighted by Gasteiger charge is -2.25. The second-order valence-corrected chi connectivity index (χ2v) is 15.7. The van der Waals surface area contributed by atoms with Crippen LogP contribution in [0.1, 0.15) is 59.9 Å². The van der Waals surface area contributed by atoms with E-state index in [4.69, 9.17) is 16.3 Å². The number of nitrogens with one attached hydrogen (secondary N) is 3. The van der Waals surface area contributed by atoms with Crippen LogP contribution in [0.4, 0.5) is 37.2 Å². The number of hydrogen-bond acceptors (Lipinski definition) is 8. The van der Waals surface area contributed by atoms with Gasteiger partial charge in [0.2, 0.25) is 0 Å². The topological polar surface area (TPSA) is 176 Å². The number of likely N-dealkylation sites (tertiary alicyclic amines) is 2. The van der Waals surface area contributed by atoms with Crippen LogP contribution in [0.25, 0.3) is 11.3 Å². The predicted octanol–water partition coefficient (Wildman–Crippen LogP) is 4.14. The molecule has 1 unspecified atom stereocenters. The number of nitrogens with zero attached hydrogens (tertiary/aromatic N) is 6. The normalized spacial score (nSPS) is 25.4. The van der Waals surface area contributed by atoms with Crippen molar-refractivity contribution in [2.45, 2.75) is 69.1 Å². The molecule has 0 radical (unpaired) electrons. The van der Waals surface area contributed by atoms with Gasteiger partial charge in [-0.2, -0.15) is 18.3 Å². The Morgan fingerprint density at radius 1 is 1.00 bits per heavy atom. The maximum absolute atomic E-state index is 13.8. The van der Waals surface area contributed by atoms with E-state index in [1.807, 2.05) is 0 Å². The largest absolute Gasteiger partial charge is 0.444 e. The summed E-state index contributed by atoms with van der Waals surface area (Å²) in [5.74, 6) is -4.77. The molecule has 15 nitrogen and oxygen atoms in total. The van der Waals surface area contributed by atoms with E-state index < -0.39 is 77.5 Å². The van der Waals surface area contributed by atoms with E-state index in [-0.39, 0.29) is 58.8 Å². The Bertz CT molecular complexity index is 2050. The number of rotatable bonds is 7. The number of anilines is 1. The van der Waals surface area contributed by atoms with Crippen molar-refractivity contribution in [2.24, 2.45) is 18.9 Å². The summed E-state index contributed by atoms with van der Waals surface area (Å²) in [6.45, 7) is 6.06. The number of carbonyl (C=O) groups excluding carboxylic acids is 4. The van der Waals surface area contributed by atoms with Crippen LogP contribution in [0.15, 0.2) is 30.6 Å². The monoisotopic (exact) mass is 797 g/mol. The fourth-order valence-electron chi connectivity index (χ4n) is 7.06. The number of aliphatic hydroxyl groups is 1. The average Bonchev–Trinajstić information content (AvgIpc) is 3.52. The van der Waals surface area contributed by atoms with Crippen molar-refractivity contribution < 1.29 is 51.0 Å². The first-order chi connectivity index (χ1) is 25.6. The molecule has 0 bridgehead atoms. The number of fused-ring (bicyclic) bond motifs is 1. The van der Waals surface area contributed by atoms with Crippen molar-refractivity contribution in [2.75, 3.05) is 31.5 Å². The second-order valence-electron chi connectivity index (χ2n) is 15.3. The molecule has 6 atom stereocenters. The first kappa shape index (κ1) is 38.3. The molecule has 4 N–H and O–H groups in total. The van der Waals surface area contributed by atoms with E-state index in [0.29, 0.717) is 17.8 Å². The van der Waals surface area contributed by atoms with Crippen molar-refractivity contribution in [3.05, 3.63) is 52.7 Å². The SMILES string of the molecule is Cn1c(-c2cn([C@H]3CC3(F)F)nc2C(F)(F)F)cnc1C(=O)Nc1ccc(C(=O)NC2[C@H]3CN(C(=O)N[C@@H]4CN(C(=O)OC(C)(C)C)C[C@H]4O)C[C@@H]23)c(Cl)c1. The molecular formula is C34H37ClF5N9O6. The number of urea groups is 1. The van der Waals surface area contributed by atoms with Crippen molar-refractivity contribution in [3.8, 4) is 11.3 Å². The molecule has 4 aliphatic rings. The zero-order valence-electron chi connectivity index (χ0n) is 29.8. The van der Waals surface area contributed by atoms with Gasteiger partial charge in [0.05, 0.1) is 46.7 Å². The molecule has 1 aromatic carbocycles. The van der Waals surface area contributed by atoms with E-state index in [1.165, 1.54) is 30.1 Å². The minimum absolute atomic E-state index is 0.00215. The number of hydrogen-bond donors (Lipinski definition) is 4. The number of aromatic nitrogens is 4. The number of benzene rings is 1. The van der Waals surface area contributed by atoms with Crippen molar-refractivity contribution in [1.29, 1.82) is 0 Å². The highest BCUT2D eigenvalue weighted by atomic mass is 35.5. The van der Waals surface area contributed by atoms with Crippen LogP contribution >= 0.6 is 11.6 Å². The van der Waals surface area contributed by atoms with Gasteiger partial charge in [-0.05, 0) is 39.0 Å². The first-order valence-corrected chi connectivity index (χ1v) is 17.7. The minimum atomic E-state index is -4.96. The maximum atomic E-state index is 13.8. The molecule has 5 amide bonds. The van der Waals surface area contributed by atoms with Crippen molar-refractivity contribution in [3.63, 3.8) is 0 Å². The number of imidazole rings is 1. The Morgan fingerprint density at radius 3 is 2.27 bits per heavy atom. The summed E-state index contributed by atoms with van der Waals surface area (Å²) in [6.07, 6.45) is -5.26. The van der Waals surface area contributed by atoms with Gasteiger partial charge in [0.15, 0.2) is 11.5 Å². The molecule has 55 heavy (non-hydrogen) atoms. The van der Waals surface area contributed by atoms with E-state index in [9.17, 15) is 46.2 Å². The van der Waals surface area contributed by atoms with Gasteiger partial charge in [-0.3, -0.25) is 14.3 Å². The first-order valence-electron chi connectivity index (χ1n) is 17.3. The Hall–Kier alpha value is -4.98. The van der Waals surface area contributed by atoms with E-state index in [1.54, 1.807) is 25.7 Å². The van der Waals surface area contributed by atoms with Gasteiger partial charge >= 0.3 is 18.3 Å². The van der Waals surface area contributed by atoms with Gasteiger partial charge in [0, 0.05) is 62.9 Å². The second kappa shape index (κ2) is 13.3. The lowest BCUT2D eigenvalue weighted by Crippen LogP contribution is -2.50. The molecule has 4 heterocycles. The van der Waals surface area contributed by atoms with Gasteiger partial charge in [-0.25, -0.2) is 23.4 Å². The van der Waals surface area contributed by atoms with Gasteiger partial charge in [-0.1, -0.05) is 11.6 Å². The van der Waals surface area contributed by atoms with E-state index in [0.717, 1.165) is 17.0 Å². The zero-order chi connectivity index (χ0) is 39.9. The molecule has 2 saturated carbocycles. The number of alkyl halides is 5. The molecule has 21 heteroatoms. The smallest absolute Gasteiger partial charge is 0.435 e. The summed E-state index contributed by atoms with van der Waals surface area (Å²) < 4.78 is 75.6. The number of carbonyl (C=O) groups is 4. The molecule has 4 fully saturated rings. The minimum Gasteiger partial charge on any atom is -0.444 e. The molecule has 7 rings (SSSR count). The summed E-state index contributed by atoms with van der Waals surface area (Å²) in [5, 5.41) is 22.1. The summed E-state index contributed by atoms with van der Waals surface area (Å²) in [4.78, 5) is 58.5. The summed E-state index contributed by atoms with van der Waals surface area (Å²) in [6, 6.07) is 1.35. The number of aliphatic hydroxyl groups excluding tert-OH is 1. The van der Waals surface area contributed by atoms with Gasteiger partial charge in [0.1, 0.15) is 11.6 Å². The van der Waals surface area contributed by atoms with Gasteiger partial charge < -0.3 is 40.2 Å².